The minimum absolute atomic E-state index is 0.0275. The number of carbonyl (C=O) groups excluding carboxylic acids is 3. The van der Waals surface area contributed by atoms with E-state index in [1.54, 1.807) is 24.3 Å². The van der Waals surface area contributed by atoms with Crippen LogP contribution in [0.5, 0.6) is 5.75 Å². The summed E-state index contributed by atoms with van der Waals surface area (Å²) in [6, 6.07) is 12.6. The van der Waals surface area contributed by atoms with Gasteiger partial charge in [0.25, 0.3) is 5.91 Å². The van der Waals surface area contributed by atoms with Crippen LogP contribution in [0, 0.1) is 13.8 Å². The zero-order valence-electron chi connectivity index (χ0n) is 16.2. The van der Waals surface area contributed by atoms with Gasteiger partial charge in [-0.3, -0.25) is 14.4 Å². The Bertz CT molecular complexity index is 864. The average molecular weight is 384 g/mol. The average Bonchev–Trinajstić information content (AvgIpc) is 2.67. The number of hydrogen-bond donors (Lipinski definition) is 2. The van der Waals surface area contributed by atoms with Crippen LogP contribution in [-0.4, -0.2) is 31.5 Å². The van der Waals surface area contributed by atoms with Gasteiger partial charge in [-0.2, -0.15) is 0 Å². The first-order valence-corrected chi connectivity index (χ1v) is 8.84. The zero-order valence-corrected chi connectivity index (χ0v) is 16.2. The monoisotopic (exact) mass is 384 g/mol. The summed E-state index contributed by atoms with van der Waals surface area (Å²) in [4.78, 5) is 35.7. The van der Waals surface area contributed by atoms with Crippen molar-refractivity contribution in [1.29, 1.82) is 0 Å². The van der Waals surface area contributed by atoms with E-state index in [9.17, 15) is 14.4 Å². The van der Waals surface area contributed by atoms with Crippen LogP contribution < -0.4 is 15.4 Å². The Hall–Kier alpha value is -3.35. The van der Waals surface area contributed by atoms with Gasteiger partial charge in [-0.05, 0) is 37.6 Å². The molecule has 0 spiro atoms. The summed E-state index contributed by atoms with van der Waals surface area (Å²) < 4.78 is 10.1. The lowest BCUT2D eigenvalue weighted by molar-refractivity contribution is -0.147. The molecule has 2 rings (SSSR count). The van der Waals surface area contributed by atoms with Crippen LogP contribution in [0.15, 0.2) is 42.5 Å². The van der Waals surface area contributed by atoms with Crippen LogP contribution in [0.1, 0.15) is 24.0 Å². The van der Waals surface area contributed by atoms with Crippen molar-refractivity contribution in [2.24, 2.45) is 0 Å². The molecule has 0 aliphatic rings. The normalized spacial score (nSPS) is 10.1. The number of ether oxygens (including phenoxy) is 2. The molecule has 0 unspecified atom stereocenters. The number of esters is 1. The number of rotatable bonds is 8. The molecular formula is C21H24N2O5. The Balaban J connectivity index is 1.73. The number of nitrogens with one attached hydrogen (secondary N) is 2. The zero-order chi connectivity index (χ0) is 20.5. The summed E-state index contributed by atoms with van der Waals surface area (Å²) in [5.74, 6) is -0.892. The van der Waals surface area contributed by atoms with Crippen molar-refractivity contribution in [3.05, 3.63) is 53.6 Å². The highest BCUT2D eigenvalue weighted by atomic mass is 16.5. The molecule has 0 saturated carbocycles. The standard InChI is InChI=1S/C21H24N2O5/c1-14-8-9-16(15(2)12-14)22-19(24)10-11-21(26)28-13-20(25)23-17-6-4-5-7-18(17)27-3/h4-9,12H,10-11,13H2,1-3H3,(H,22,24)(H,23,25). The fourth-order valence-electron chi connectivity index (χ4n) is 2.53. The second-order valence-electron chi connectivity index (χ2n) is 6.28. The van der Waals surface area contributed by atoms with E-state index in [0.717, 1.165) is 11.1 Å². The third-order valence-electron chi connectivity index (χ3n) is 3.96. The van der Waals surface area contributed by atoms with Gasteiger partial charge >= 0.3 is 5.97 Å². The molecule has 0 saturated heterocycles. The Morgan fingerprint density at radius 1 is 0.893 bits per heavy atom. The Labute approximate surface area is 164 Å². The Morgan fingerprint density at radius 2 is 1.61 bits per heavy atom. The van der Waals surface area contributed by atoms with E-state index in [-0.39, 0.29) is 18.7 Å². The van der Waals surface area contributed by atoms with Crippen LogP contribution in [-0.2, 0) is 19.1 Å². The summed E-state index contributed by atoms with van der Waals surface area (Å²) in [5.41, 5.74) is 3.24. The molecule has 2 N–H and O–H groups in total. The fourth-order valence-corrected chi connectivity index (χ4v) is 2.53. The van der Waals surface area contributed by atoms with Gasteiger partial charge in [0.15, 0.2) is 6.61 Å². The van der Waals surface area contributed by atoms with Gasteiger partial charge in [-0.15, -0.1) is 0 Å². The molecule has 7 heteroatoms. The first kappa shape index (κ1) is 21.0. The van der Waals surface area contributed by atoms with E-state index in [2.05, 4.69) is 10.6 Å². The second-order valence-corrected chi connectivity index (χ2v) is 6.28. The van der Waals surface area contributed by atoms with Crippen molar-refractivity contribution in [2.45, 2.75) is 26.7 Å². The molecule has 0 aromatic heterocycles. The van der Waals surface area contributed by atoms with Gasteiger partial charge in [-0.25, -0.2) is 0 Å². The highest BCUT2D eigenvalue weighted by molar-refractivity contribution is 5.95. The van der Waals surface area contributed by atoms with Crippen molar-refractivity contribution in [1.82, 2.24) is 0 Å². The number of para-hydroxylation sites is 2. The first-order chi connectivity index (χ1) is 13.4. The predicted molar refractivity (Wildman–Crippen MR) is 106 cm³/mol. The lowest BCUT2D eigenvalue weighted by Crippen LogP contribution is -2.22. The van der Waals surface area contributed by atoms with Gasteiger partial charge in [0, 0.05) is 12.1 Å². The van der Waals surface area contributed by atoms with Crippen molar-refractivity contribution in [2.75, 3.05) is 24.4 Å². The molecule has 0 aliphatic carbocycles. The Morgan fingerprint density at radius 3 is 2.32 bits per heavy atom. The number of hydrogen-bond acceptors (Lipinski definition) is 5. The molecule has 148 valence electrons. The van der Waals surface area contributed by atoms with E-state index >= 15 is 0 Å². The number of carbonyl (C=O) groups is 3. The molecule has 0 atom stereocenters. The molecular weight excluding hydrogens is 360 g/mol. The smallest absolute Gasteiger partial charge is 0.306 e. The summed E-state index contributed by atoms with van der Waals surface area (Å²) >= 11 is 0. The highest BCUT2D eigenvalue weighted by Crippen LogP contribution is 2.22. The second kappa shape index (κ2) is 10.1. The molecule has 0 fully saturated rings. The fraction of sp³-hybridized carbons (Fsp3) is 0.286. The molecule has 0 heterocycles. The lowest BCUT2D eigenvalue weighted by atomic mass is 10.1. The molecule has 2 aromatic carbocycles. The minimum atomic E-state index is -0.619. The van der Waals surface area contributed by atoms with Crippen LogP contribution >= 0.6 is 0 Å². The Kier molecular flexibility index (Phi) is 7.56. The molecule has 7 nitrogen and oxygen atoms in total. The SMILES string of the molecule is COc1ccccc1NC(=O)COC(=O)CCC(=O)Nc1ccc(C)cc1C. The van der Waals surface area contributed by atoms with Gasteiger partial charge in [0.05, 0.1) is 19.2 Å². The van der Waals surface area contributed by atoms with Crippen LogP contribution in [0.3, 0.4) is 0 Å². The van der Waals surface area contributed by atoms with E-state index in [1.165, 1.54) is 7.11 Å². The lowest BCUT2D eigenvalue weighted by Gasteiger charge is -2.10. The number of aryl methyl sites for hydroxylation is 2. The topological polar surface area (TPSA) is 93.7 Å². The maximum absolute atomic E-state index is 12.0. The van der Waals surface area contributed by atoms with Crippen LogP contribution in [0.4, 0.5) is 11.4 Å². The van der Waals surface area contributed by atoms with E-state index < -0.39 is 18.5 Å². The maximum Gasteiger partial charge on any atom is 0.306 e. The number of methoxy groups -OCH3 is 1. The van der Waals surface area contributed by atoms with E-state index in [4.69, 9.17) is 9.47 Å². The van der Waals surface area contributed by atoms with E-state index in [0.29, 0.717) is 17.1 Å². The predicted octanol–water partition coefficient (Wildman–Crippen LogP) is 3.21. The minimum Gasteiger partial charge on any atom is -0.495 e. The van der Waals surface area contributed by atoms with Gasteiger partial charge in [-0.1, -0.05) is 29.8 Å². The highest BCUT2D eigenvalue weighted by Gasteiger charge is 2.12. The van der Waals surface area contributed by atoms with Crippen molar-refractivity contribution in [3.63, 3.8) is 0 Å². The number of amides is 2. The quantitative estimate of drug-likeness (QED) is 0.682. The van der Waals surface area contributed by atoms with Crippen LogP contribution in [0.2, 0.25) is 0 Å². The van der Waals surface area contributed by atoms with Crippen molar-refractivity contribution in [3.8, 4) is 5.75 Å². The first-order valence-electron chi connectivity index (χ1n) is 8.84. The largest absolute Gasteiger partial charge is 0.495 e. The number of benzene rings is 2. The van der Waals surface area contributed by atoms with Gasteiger partial charge in [0.1, 0.15) is 5.75 Å². The number of anilines is 2. The van der Waals surface area contributed by atoms with Crippen molar-refractivity contribution >= 4 is 29.2 Å². The molecule has 0 bridgehead atoms. The summed E-state index contributed by atoms with van der Waals surface area (Å²) in [6.07, 6.45) is -0.140. The summed E-state index contributed by atoms with van der Waals surface area (Å²) in [5, 5.41) is 5.37. The molecule has 28 heavy (non-hydrogen) atoms. The van der Waals surface area contributed by atoms with Crippen molar-refractivity contribution < 1.29 is 23.9 Å². The third kappa shape index (κ3) is 6.42. The van der Waals surface area contributed by atoms with E-state index in [1.807, 2.05) is 32.0 Å². The molecule has 2 aromatic rings. The summed E-state index contributed by atoms with van der Waals surface area (Å²) in [6.45, 7) is 3.44. The van der Waals surface area contributed by atoms with Crippen LogP contribution in [0.25, 0.3) is 0 Å². The van der Waals surface area contributed by atoms with Gasteiger partial charge < -0.3 is 20.1 Å². The van der Waals surface area contributed by atoms with Gasteiger partial charge in [0.2, 0.25) is 5.91 Å². The molecule has 2 amide bonds. The maximum atomic E-state index is 12.0. The third-order valence-corrected chi connectivity index (χ3v) is 3.96. The molecule has 0 aliphatic heterocycles. The summed E-state index contributed by atoms with van der Waals surface area (Å²) in [7, 11) is 1.49. The molecule has 0 radical (unpaired) electrons.